The minimum atomic E-state index is -0.221. The van der Waals surface area contributed by atoms with Crippen LogP contribution in [0.4, 0.5) is 0 Å². The number of nitrogens with two attached hydrogens (primary N) is 1. The number of hydrogen-bond acceptors (Lipinski definition) is 3. The van der Waals surface area contributed by atoms with Gasteiger partial charge in [-0.05, 0) is 31.4 Å². The molecule has 0 aliphatic heterocycles. The zero-order valence-electron chi connectivity index (χ0n) is 10.2. The van der Waals surface area contributed by atoms with Gasteiger partial charge in [0.15, 0.2) is 0 Å². The predicted molar refractivity (Wildman–Crippen MR) is 67.0 cm³/mol. The van der Waals surface area contributed by atoms with Crippen molar-refractivity contribution in [3.8, 4) is 5.75 Å². The van der Waals surface area contributed by atoms with Crippen LogP contribution in [0.2, 0.25) is 0 Å². The topological polar surface area (TPSA) is 53.1 Å². The van der Waals surface area contributed by atoms with E-state index in [1.807, 2.05) is 25.2 Å². The molecule has 2 aromatic rings. The lowest BCUT2D eigenvalue weighted by molar-refractivity contribution is 0.234. The average Bonchev–Trinajstić information content (AvgIpc) is 2.63. The van der Waals surface area contributed by atoms with Crippen LogP contribution < -0.4 is 10.5 Å². The Bertz CT molecular complexity index is 569. The van der Waals surface area contributed by atoms with E-state index in [1.54, 1.807) is 7.11 Å². The largest absolute Gasteiger partial charge is 0.497 e. The van der Waals surface area contributed by atoms with E-state index in [9.17, 15) is 0 Å². The zero-order valence-corrected chi connectivity index (χ0v) is 10.2. The van der Waals surface area contributed by atoms with Crippen molar-refractivity contribution in [2.75, 3.05) is 7.11 Å². The molecule has 1 aliphatic carbocycles. The van der Waals surface area contributed by atoms with Crippen molar-refractivity contribution < 1.29 is 4.74 Å². The van der Waals surface area contributed by atoms with Gasteiger partial charge in [0.25, 0.3) is 0 Å². The SMILES string of the molecule is COc1ccc2c(c1)nc(C1(N)CCC1)n2C. The standard InChI is InChI=1S/C13H17N3O/c1-16-11-5-4-9(17-2)8-10(11)15-12(16)13(14)6-3-7-13/h4-5,8H,3,6-7,14H2,1-2H3. The van der Waals surface area contributed by atoms with E-state index in [4.69, 9.17) is 10.5 Å². The maximum absolute atomic E-state index is 6.34. The van der Waals surface area contributed by atoms with Crippen LogP contribution in [0.15, 0.2) is 18.2 Å². The first-order valence-electron chi connectivity index (χ1n) is 5.94. The highest BCUT2D eigenvalue weighted by Gasteiger charge is 2.38. The number of nitrogens with zero attached hydrogens (tertiary/aromatic N) is 2. The molecule has 0 amide bonds. The quantitative estimate of drug-likeness (QED) is 0.859. The fourth-order valence-electron chi connectivity index (χ4n) is 2.53. The number of benzene rings is 1. The normalized spacial score (nSPS) is 18.1. The van der Waals surface area contributed by atoms with Crippen molar-refractivity contribution in [1.29, 1.82) is 0 Å². The number of ether oxygens (including phenoxy) is 1. The molecule has 0 unspecified atom stereocenters. The third-order valence-corrected chi connectivity index (χ3v) is 3.78. The smallest absolute Gasteiger partial charge is 0.129 e. The number of hydrogen-bond donors (Lipinski definition) is 1. The molecule has 1 aliphatic rings. The zero-order chi connectivity index (χ0) is 12.0. The van der Waals surface area contributed by atoms with Crippen molar-refractivity contribution in [3.05, 3.63) is 24.0 Å². The Morgan fingerprint density at radius 1 is 1.41 bits per heavy atom. The Labute approximate surface area is 100 Å². The molecule has 1 aromatic carbocycles. The molecule has 1 heterocycles. The van der Waals surface area contributed by atoms with E-state index in [0.29, 0.717) is 0 Å². The molecule has 4 nitrogen and oxygen atoms in total. The molecule has 0 bridgehead atoms. The highest BCUT2D eigenvalue weighted by atomic mass is 16.5. The van der Waals surface area contributed by atoms with Gasteiger partial charge in [-0.2, -0.15) is 0 Å². The molecule has 4 heteroatoms. The van der Waals surface area contributed by atoms with Crippen LogP contribution in [-0.2, 0) is 12.6 Å². The van der Waals surface area contributed by atoms with E-state index < -0.39 is 0 Å². The van der Waals surface area contributed by atoms with Crippen molar-refractivity contribution in [2.45, 2.75) is 24.8 Å². The van der Waals surface area contributed by atoms with E-state index in [1.165, 1.54) is 6.42 Å². The summed E-state index contributed by atoms with van der Waals surface area (Å²) in [5.41, 5.74) is 8.19. The highest BCUT2D eigenvalue weighted by Crippen LogP contribution is 2.39. The minimum absolute atomic E-state index is 0.221. The van der Waals surface area contributed by atoms with Crippen LogP contribution in [-0.4, -0.2) is 16.7 Å². The summed E-state index contributed by atoms with van der Waals surface area (Å²) in [6.45, 7) is 0. The van der Waals surface area contributed by atoms with Gasteiger partial charge >= 0.3 is 0 Å². The van der Waals surface area contributed by atoms with Crippen molar-refractivity contribution in [2.24, 2.45) is 12.8 Å². The van der Waals surface area contributed by atoms with Gasteiger partial charge in [0, 0.05) is 13.1 Å². The molecule has 3 rings (SSSR count). The maximum Gasteiger partial charge on any atom is 0.129 e. The summed E-state index contributed by atoms with van der Waals surface area (Å²) in [6, 6.07) is 5.95. The second-order valence-corrected chi connectivity index (χ2v) is 4.86. The summed E-state index contributed by atoms with van der Waals surface area (Å²) in [4.78, 5) is 4.67. The molecule has 0 saturated heterocycles. The summed E-state index contributed by atoms with van der Waals surface area (Å²) in [5, 5.41) is 0. The molecule has 0 spiro atoms. The molecular formula is C13H17N3O. The molecule has 90 valence electrons. The third kappa shape index (κ3) is 1.44. The van der Waals surface area contributed by atoms with Gasteiger partial charge in [-0.15, -0.1) is 0 Å². The molecule has 0 radical (unpaired) electrons. The summed E-state index contributed by atoms with van der Waals surface area (Å²) < 4.78 is 7.32. The predicted octanol–water partition coefficient (Wildman–Crippen LogP) is 1.92. The number of aryl methyl sites for hydroxylation is 1. The Morgan fingerprint density at radius 2 is 2.18 bits per heavy atom. The molecular weight excluding hydrogens is 214 g/mol. The van der Waals surface area contributed by atoms with Gasteiger partial charge in [0.2, 0.25) is 0 Å². The Morgan fingerprint density at radius 3 is 2.76 bits per heavy atom. The fourth-order valence-corrected chi connectivity index (χ4v) is 2.53. The number of imidazole rings is 1. The van der Waals surface area contributed by atoms with Gasteiger partial charge in [-0.1, -0.05) is 0 Å². The van der Waals surface area contributed by atoms with Gasteiger partial charge in [0.05, 0.1) is 23.7 Å². The van der Waals surface area contributed by atoms with Crippen LogP contribution in [0, 0.1) is 0 Å². The van der Waals surface area contributed by atoms with Gasteiger partial charge in [-0.3, -0.25) is 0 Å². The van der Waals surface area contributed by atoms with Crippen LogP contribution in [0.1, 0.15) is 25.1 Å². The van der Waals surface area contributed by atoms with E-state index in [-0.39, 0.29) is 5.54 Å². The second kappa shape index (κ2) is 3.47. The first-order chi connectivity index (χ1) is 8.14. The monoisotopic (exact) mass is 231 g/mol. The van der Waals surface area contributed by atoms with Crippen molar-refractivity contribution >= 4 is 11.0 Å². The lowest BCUT2D eigenvalue weighted by Gasteiger charge is -2.37. The van der Waals surface area contributed by atoms with Gasteiger partial charge in [-0.25, -0.2) is 4.98 Å². The number of rotatable bonds is 2. The highest BCUT2D eigenvalue weighted by molar-refractivity contribution is 5.78. The molecule has 2 N–H and O–H groups in total. The summed E-state index contributed by atoms with van der Waals surface area (Å²) in [6.07, 6.45) is 3.26. The maximum atomic E-state index is 6.34. The lowest BCUT2D eigenvalue weighted by atomic mass is 9.77. The lowest BCUT2D eigenvalue weighted by Crippen LogP contribution is -2.45. The van der Waals surface area contributed by atoms with E-state index >= 15 is 0 Å². The average molecular weight is 231 g/mol. The summed E-state index contributed by atoms with van der Waals surface area (Å²) in [7, 11) is 3.70. The number of fused-ring (bicyclic) bond motifs is 1. The molecule has 17 heavy (non-hydrogen) atoms. The van der Waals surface area contributed by atoms with Crippen LogP contribution >= 0.6 is 0 Å². The summed E-state index contributed by atoms with van der Waals surface area (Å²) >= 11 is 0. The van der Waals surface area contributed by atoms with Crippen LogP contribution in [0.5, 0.6) is 5.75 Å². The fraction of sp³-hybridized carbons (Fsp3) is 0.462. The Kier molecular flexibility index (Phi) is 2.16. The summed E-state index contributed by atoms with van der Waals surface area (Å²) in [5.74, 6) is 1.83. The molecule has 0 atom stereocenters. The third-order valence-electron chi connectivity index (χ3n) is 3.78. The Balaban J connectivity index is 2.17. The van der Waals surface area contributed by atoms with Crippen molar-refractivity contribution in [3.63, 3.8) is 0 Å². The first kappa shape index (κ1) is 10.6. The van der Waals surface area contributed by atoms with Crippen molar-refractivity contribution in [1.82, 2.24) is 9.55 Å². The minimum Gasteiger partial charge on any atom is -0.497 e. The van der Waals surface area contributed by atoms with Crippen LogP contribution in [0.25, 0.3) is 11.0 Å². The van der Waals surface area contributed by atoms with Gasteiger partial charge < -0.3 is 15.0 Å². The van der Waals surface area contributed by atoms with E-state index in [0.717, 1.165) is 35.4 Å². The second-order valence-electron chi connectivity index (χ2n) is 4.86. The number of aromatic nitrogens is 2. The molecule has 1 fully saturated rings. The molecule has 1 saturated carbocycles. The van der Waals surface area contributed by atoms with E-state index in [2.05, 4.69) is 9.55 Å². The van der Waals surface area contributed by atoms with Gasteiger partial charge in [0.1, 0.15) is 11.6 Å². The first-order valence-corrected chi connectivity index (χ1v) is 5.94. The molecule has 1 aromatic heterocycles. The van der Waals surface area contributed by atoms with Crippen LogP contribution in [0.3, 0.4) is 0 Å². The Hall–Kier alpha value is -1.55. The number of methoxy groups -OCH3 is 1.